The number of nitrogens with one attached hydrogen (secondary N) is 1. The molecule has 0 saturated heterocycles. The lowest BCUT2D eigenvalue weighted by Gasteiger charge is -2.53. The summed E-state index contributed by atoms with van der Waals surface area (Å²) in [5, 5.41) is 13.0. The molecule has 1 aromatic rings. The maximum atomic E-state index is 12.9. The highest BCUT2D eigenvalue weighted by Gasteiger charge is 2.50. The molecule has 1 aromatic carbocycles. The number of hydrogen-bond donors (Lipinski definition) is 2. The Morgan fingerprint density at radius 1 is 1.09 bits per heavy atom. The molecule has 1 unspecified atom stereocenters. The zero-order chi connectivity index (χ0) is 15.3. The van der Waals surface area contributed by atoms with Crippen molar-refractivity contribution in [2.45, 2.75) is 45.1 Å². The summed E-state index contributed by atoms with van der Waals surface area (Å²) in [6.45, 7) is 1.74. The third kappa shape index (κ3) is 2.36. The summed E-state index contributed by atoms with van der Waals surface area (Å²) in [5.74, 6) is 3.33. The Bertz CT molecular complexity index is 553. The van der Waals surface area contributed by atoms with Crippen molar-refractivity contribution < 1.29 is 9.90 Å². The monoisotopic (exact) mass is 299 g/mol. The summed E-state index contributed by atoms with van der Waals surface area (Å²) in [4.78, 5) is 12.9. The van der Waals surface area contributed by atoms with E-state index < -0.39 is 6.10 Å². The zero-order valence-corrected chi connectivity index (χ0v) is 13.2. The summed E-state index contributed by atoms with van der Waals surface area (Å²) < 4.78 is 0. The topological polar surface area (TPSA) is 49.3 Å². The molecule has 4 bridgehead atoms. The lowest BCUT2D eigenvalue weighted by atomic mass is 9.51. The van der Waals surface area contributed by atoms with E-state index in [0.717, 1.165) is 23.1 Å². The molecule has 2 N–H and O–H groups in total. The number of amides is 1. The molecule has 1 amide bonds. The Morgan fingerprint density at radius 2 is 1.68 bits per heavy atom. The van der Waals surface area contributed by atoms with Crippen LogP contribution in [0.4, 0.5) is 5.69 Å². The van der Waals surface area contributed by atoms with E-state index in [4.69, 9.17) is 0 Å². The maximum absolute atomic E-state index is 12.9. The van der Waals surface area contributed by atoms with Crippen molar-refractivity contribution in [3.05, 3.63) is 29.8 Å². The van der Waals surface area contributed by atoms with Crippen LogP contribution in [0, 0.1) is 29.6 Å². The number of hydrogen-bond acceptors (Lipinski definition) is 2. The Morgan fingerprint density at radius 3 is 2.27 bits per heavy atom. The van der Waals surface area contributed by atoms with Gasteiger partial charge < -0.3 is 10.4 Å². The summed E-state index contributed by atoms with van der Waals surface area (Å²) in [6.07, 6.45) is 5.86. The predicted octanol–water partition coefficient (Wildman–Crippen LogP) is 3.75. The van der Waals surface area contributed by atoms with Gasteiger partial charge in [0.15, 0.2) is 0 Å². The molecule has 0 radical (unpaired) electrons. The number of aliphatic hydroxyl groups excluding tert-OH is 1. The van der Waals surface area contributed by atoms with Crippen molar-refractivity contribution >= 4 is 11.6 Å². The second kappa shape index (κ2) is 5.38. The third-order valence-corrected chi connectivity index (χ3v) is 6.20. The Balaban J connectivity index is 1.53. The number of carbonyl (C=O) groups excluding carboxylic acids is 1. The molecule has 0 aliphatic heterocycles. The normalized spacial score (nSPS) is 37.1. The summed E-state index contributed by atoms with van der Waals surface area (Å²) in [7, 11) is 0. The van der Waals surface area contributed by atoms with Crippen molar-refractivity contribution in [3.8, 4) is 0 Å². The predicted molar refractivity (Wildman–Crippen MR) is 86.2 cm³/mol. The van der Waals surface area contributed by atoms with E-state index >= 15 is 0 Å². The average Bonchev–Trinajstić information content (AvgIpc) is 2.46. The molecule has 22 heavy (non-hydrogen) atoms. The van der Waals surface area contributed by atoms with Gasteiger partial charge in [-0.3, -0.25) is 4.79 Å². The van der Waals surface area contributed by atoms with Crippen LogP contribution in [0.15, 0.2) is 24.3 Å². The second-order valence-electron chi connectivity index (χ2n) is 7.71. The number of aliphatic hydroxyl groups is 1. The van der Waals surface area contributed by atoms with Crippen LogP contribution >= 0.6 is 0 Å². The fourth-order valence-corrected chi connectivity index (χ4v) is 5.54. The van der Waals surface area contributed by atoms with Gasteiger partial charge in [0.25, 0.3) is 0 Å². The first-order chi connectivity index (χ1) is 10.6. The minimum Gasteiger partial charge on any atom is -0.389 e. The van der Waals surface area contributed by atoms with Gasteiger partial charge in [-0.05, 0) is 68.8 Å². The number of anilines is 1. The molecule has 0 spiro atoms. The number of para-hydroxylation sites is 1. The van der Waals surface area contributed by atoms with Crippen LogP contribution in [0.25, 0.3) is 0 Å². The van der Waals surface area contributed by atoms with E-state index in [1.165, 1.54) is 32.1 Å². The van der Waals surface area contributed by atoms with Crippen molar-refractivity contribution in [2.24, 2.45) is 29.6 Å². The van der Waals surface area contributed by atoms with Crippen molar-refractivity contribution in [1.82, 2.24) is 0 Å². The van der Waals surface area contributed by atoms with Crippen molar-refractivity contribution in [1.29, 1.82) is 0 Å². The molecule has 0 heterocycles. The Kier molecular flexibility index (Phi) is 3.48. The Hall–Kier alpha value is -1.35. The van der Waals surface area contributed by atoms with Crippen LogP contribution in [-0.4, -0.2) is 11.0 Å². The van der Waals surface area contributed by atoms with Gasteiger partial charge in [0.2, 0.25) is 5.91 Å². The lowest BCUT2D eigenvalue weighted by molar-refractivity contribution is -0.132. The molecule has 3 nitrogen and oxygen atoms in total. The van der Waals surface area contributed by atoms with Crippen molar-refractivity contribution in [2.75, 3.05) is 5.32 Å². The van der Waals surface area contributed by atoms with Gasteiger partial charge in [-0.2, -0.15) is 0 Å². The highest BCUT2D eigenvalue weighted by atomic mass is 16.3. The number of carbonyl (C=O) groups is 1. The Labute approximate surface area is 132 Å². The molecular formula is C19H25NO2. The minimum absolute atomic E-state index is 0.182. The summed E-state index contributed by atoms with van der Waals surface area (Å²) >= 11 is 0. The number of benzene rings is 1. The third-order valence-electron chi connectivity index (χ3n) is 6.20. The lowest BCUT2D eigenvalue weighted by Crippen LogP contribution is -2.49. The quantitative estimate of drug-likeness (QED) is 0.893. The van der Waals surface area contributed by atoms with E-state index in [1.54, 1.807) is 6.92 Å². The molecule has 118 valence electrons. The van der Waals surface area contributed by atoms with E-state index in [2.05, 4.69) is 5.32 Å². The first-order valence-electron chi connectivity index (χ1n) is 8.69. The molecule has 0 aromatic heterocycles. The number of rotatable bonds is 3. The van der Waals surface area contributed by atoms with Gasteiger partial charge in [-0.15, -0.1) is 0 Å². The van der Waals surface area contributed by atoms with Crippen LogP contribution < -0.4 is 5.32 Å². The summed E-state index contributed by atoms with van der Waals surface area (Å²) in [5.41, 5.74) is 1.58. The van der Waals surface area contributed by atoms with E-state index in [-0.39, 0.29) is 11.8 Å². The van der Waals surface area contributed by atoms with Gasteiger partial charge in [0, 0.05) is 17.2 Å². The van der Waals surface area contributed by atoms with Gasteiger partial charge >= 0.3 is 0 Å². The average molecular weight is 299 g/mol. The first-order valence-corrected chi connectivity index (χ1v) is 8.69. The van der Waals surface area contributed by atoms with Gasteiger partial charge in [0.1, 0.15) is 0 Å². The van der Waals surface area contributed by atoms with Crippen LogP contribution in [0.3, 0.4) is 0 Å². The molecule has 3 heteroatoms. The fraction of sp³-hybridized carbons (Fsp3) is 0.632. The molecular weight excluding hydrogens is 274 g/mol. The van der Waals surface area contributed by atoms with Crippen LogP contribution in [0.1, 0.15) is 50.7 Å². The van der Waals surface area contributed by atoms with Gasteiger partial charge in [-0.1, -0.05) is 18.2 Å². The van der Waals surface area contributed by atoms with E-state index in [1.807, 2.05) is 24.3 Å². The molecule has 4 saturated carbocycles. The minimum atomic E-state index is -0.560. The molecule has 4 aliphatic rings. The fourth-order valence-electron chi connectivity index (χ4n) is 5.54. The summed E-state index contributed by atoms with van der Waals surface area (Å²) in [6, 6.07) is 7.60. The van der Waals surface area contributed by atoms with Crippen LogP contribution in [-0.2, 0) is 4.79 Å². The molecule has 4 fully saturated rings. The molecule has 5 rings (SSSR count). The zero-order valence-electron chi connectivity index (χ0n) is 13.2. The molecule has 4 aliphatic carbocycles. The van der Waals surface area contributed by atoms with E-state index in [9.17, 15) is 9.90 Å². The highest BCUT2D eigenvalue weighted by Crippen LogP contribution is 2.56. The smallest absolute Gasteiger partial charge is 0.228 e. The van der Waals surface area contributed by atoms with Crippen molar-refractivity contribution in [3.63, 3.8) is 0 Å². The van der Waals surface area contributed by atoms with E-state index in [0.29, 0.717) is 11.8 Å². The maximum Gasteiger partial charge on any atom is 0.228 e. The highest BCUT2D eigenvalue weighted by molar-refractivity contribution is 5.94. The molecule has 1 atom stereocenters. The first kappa shape index (κ1) is 14.3. The second-order valence-corrected chi connectivity index (χ2v) is 7.71. The van der Waals surface area contributed by atoms with Gasteiger partial charge in [-0.25, -0.2) is 0 Å². The largest absolute Gasteiger partial charge is 0.389 e. The van der Waals surface area contributed by atoms with Gasteiger partial charge in [0.05, 0.1) is 6.10 Å². The standard InChI is InChI=1S/C19H25NO2/c1-11(21)16-4-2-3-5-17(16)20-19(22)18-14-7-12-6-13(9-14)10-15(18)8-12/h2-5,11-15,18,21H,6-10H2,1H3,(H,20,22). The SMILES string of the molecule is CC(O)c1ccccc1NC(=O)C1C2CC3CC(C2)CC1C3. The van der Waals surface area contributed by atoms with Crippen LogP contribution in [0.2, 0.25) is 0 Å². The van der Waals surface area contributed by atoms with Crippen LogP contribution in [0.5, 0.6) is 0 Å².